The second kappa shape index (κ2) is 9.31. The molecule has 29 heavy (non-hydrogen) atoms. The average Bonchev–Trinajstić information content (AvgIpc) is 2.77. The maximum Gasteiger partial charge on any atom is 0.163 e. The number of piperazine rings is 1. The highest BCUT2D eigenvalue weighted by Gasteiger charge is 2.21. The van der Waals surface area contributed by atoms with Crippen molar-refractivity contribution in [3.63, 3.8) is 0 Å². The van der Waals surface area contributed by atoms with Gasteiger partial charge in [0.25, 0.3) is 0 Å². The van der Waals surface area contributed by atoms with Gasteiger partial charge in [0, 0.05) is 50.3 Å². The van der Waals surface area contributed by atoms with Gasteiger partial charge in [-0.1, -0.05) is 24.3 Å². The smallest absolute Gasteiger partial charge is 0.163 e. The second-order valence-corrected chi connectivity index (χ2v) is 7.76. The number of Topliss-reactive ketones (excluding diaryl/α,β-unsaturated/α-hetero) is 1. The molecule has 0 unspecified atom stereocenters. The molecule has 1 fully saturated rings. The summed E-state index contributed by atoms with van der Waals surface area (Å²) in [6, 6.07) is 14.1. The maximum atomic E-state index is 12.1. The first kappa shape index (κ1) is 19.8. The molecule has 0 N–H and O–H groups in total. The molecule has 1 saturated heterocycles. The predicted molar refractivity (Wildman–Crippen MR) is 115 cm³/mol. The fourth-order valence-electron chi connectivity index (χ4n) is 4.35. The summed E-state index contributed by atoms with van der Waals surface area (Å²) in [6.45, 7) is 5.84. The predicted octanol–water partition coefficient (Wildman–Crippen LogP) is 3.81. The van der Waals surface area contributed by atoms with Crippen molar-refractivity contribution in [3.05, 3.63) is 53.6 Å². The van der Waals surface area contributed by atoms with Crippen LogP contribution in [0.5, 0.6) is 11.5 Å². The summed E-state index contributed by atoms with van der Waals surface area (Å²) < 4.78 is 11.6. The zero-order valence-corrected chi connectivity index (χ0v) is 17.2. The number of hydrogen-bond donors (Lipinski definition) is 0. The Morgan fingerprint density at radius 1 is 0.931 bits per heavy atom. The van der Waals surface area contributed by atoms with Gasteiger partial charge >= 0.3 is 0 Å². The van der Waals surface area contributed by atoms with E-state index in [1.54, 1.807) is 7.11 Å². The fraction of sp³-hybridized carbons (Fsp3) is 0.458. The van der Waals surface area contributed by atoms with E-state index in [0.717, 1.165) is 74.6 Å². The summed E-state index contributed by atoms with van der Waals surface area (Å²) in [5, 5.41) is 0. The molecule has 1 aliphatic carbocycles. The first-order valence-corrected chi connectivity index (χ1v) is 10.6. The van der Waals surface area contributed by atoms with Crippen molar-refractivity contribution in [1.29, 1.82) is 0 Å². The van der Waals surface area contributed by atoms with Crippen molar-refractivity contribution in [3.8, 4) is 11.5 Å². The lowest BCUT2D eigenvalue weighted by molar-refractivity contribution is 0.0971. The molecule has 5 nitrogen and oxygen atoms in total. The van der Waals surface area contributed by atoms with Gasteiger partial charge in [0.15, 0.2) is 5.78 Å². The van der Waals surface area contributed by atoms with Gasteiger partial charge in [-0.2, -0.15) is 0 Å². The molecule has 0 aromatic heterocycles. The first-order valence-electron chi connectivity index (χ1n) is 10.6. The van der Waals surface area contributed by atoms with E-state index < -0.39 is 0 Å². The standard InChI is InChI=1S/C24H30N2O3/c1-28-24-11-3-2-9-21(24)26-16-14-25(15-17-26)13-6-18-29-23-12-5-7-19-20(23)8-4-10-22(19)27/h2-3,5,7,9,11-12H,4,6,8,10,13-18H2,1H3. The van der Waals surface area contributed by atoms with Gasteiger partial charge in [-0.15, -0.1) is 0 Å². The van der Waals surface area contributed by atoms with Crippen molar-refractivity contribution < 1.29 is 14.3 Å². The van der Waals surface area contributed by atoms with Gasteiger partial charge in [0.1, 0.15) is 11.5 Å². The lowest BCUT2D eigenvalue weighted by Crippen LogP contribution is -2.46. The second-order valence-electron chi connectivity index (χ2n) is 7.76. The third-order valence-corrected chi connectivity index (χ3v) is 5.94. The zero-order valence-electron chi connectivity index (χ0n) is 17.2. The number of carbonyl (C=O) groups excluding carboxylic acids is 1. The molecule has 0 spiro atoms. The zero-order chi connectivity index (χ0) is 20.1. The highest BCUT2D eigenvalue weighted by Crippen LogP contribution is 2.30. The van der Waals surface area contributed by atoms with Gasteiger partial charge in [-0.25, -0.2) is 0 Å². The number of benzene rings is 2. The minimum absolute atomic E-state index is 0.254. The topological polar surface area (TPSA) is 42.0 Å². The number of ketones is 1. The molecule has 0 radical (unpaired) electrons. The van der Waals surface area contributed by atoms with Crippen LogP contribution in [0.3, 0.4) is 0 Å². The van der Waals surface area contributed by atoms with Crippen LogP contribution in [0.2, 0.25) is 0 Å². The van der Waals surface area contributed by atoms with E-state index in [-0.39, 0.29) is 5.78 Å². The third kappa shape index (κ3) is 4.56. The van der Waals surface area contributed by atoms with Crippen LogP contribution < -0.4 is 14.4 Å². The monoisotopic (exact) mass is 394 g/mol. The van der Waals surface area contributed by atoms with Crippen molar-refractivity contribution >= 4 is 11.5 Å². The number of hydrogen-bond acceptors (Lipinski definition) is 5. The fourth-order valence-corrected chi connectivity index (χ4v) is 4.35. The molecule has 154 valence electrons. The number of ether oxygens (including phenoxy) is 2. The van der Waals surface area contributed by atoms with Gasteiger partial charge in [0.05, 0.1) is 19.4 Å². The number of para-hydroxylation sites is 2. The quantitative estimate of drug-likeness (QED) is 0.668. The number of fused-ring (bicyclic) bond motifs is 1. The van der Waals surface area contributed by atoms with E-state index in [1.165, 1.54) is 5.69 Å². The van der Waals surface area contributed by atoms with Gasteiger partial charge in [0.2, 0.25) is 0 Å². The lowest BCUT2D eigenvalue weighted by Gasteiger charge is -2.36. The van der Waals surface area contributed by atoms with Crippen LogP contribution in [0.1, 0.15) is 35.2 Å². The minimum atomic E-state index is 0.254. The Morgan fingerprint density at radius 2 is 1.72 bits per heavy atom. The van der Waals surface area contributed by atoms with Crippen LogP contribution in [-0.2, 0) is 6.42 Å². The summed E-state index contributed by atoms with van der Waals surface area (Å²) in [6.07, 6.45) is 3.54. The molecule has 5 heteroatoms. The normalized spacial score (nSPS) is 17.1. The van der Waals surface area contributed by atoms with Crippen LogP contribution >= 0.6 is 0 Å². The molecule has 0 atom stereocenters. The lowest BCUT2D eigenvalue weighted by atomic mass is 9.90. The van der Waals surface area contributed by atoms with Crippen molar-refractivity contribution in [1.82, 2.24) is 4.90 Å². The van der Waals surface area contributed by atoms with Gasteiger partial charge in [-0.3, -0.25) is 9.69 Å². The third-order valence-electron chi connectivity index (χ3n) is 5.94. The van der Waals surface area contributed by atoms with E-state index in [1.807, 2.05) is 30.3 Å². The average molecular weight is 395 g/mol. The minimum Gasteiger partial charge on any atom is -0.495 e. The number of methoxy groups -OCH3 is 1. The first-order chi connectivity index (χ1) is 14.3. The van der Waals surface area contributed by atoms with Crippen molar-refractivity contribution in [2.75, 3.05) is 51.3 Å². The maximum absolute atomic E-state index is 12.1. The van der Waals surface area contributed by atoms with E-state index >= 15 is 0 Å². The molecule has 2 aromatic carbocycles. The van der Waals surface area contributed by atoms with E-state index in [9.17, 15) is 4.79 Å². The summed E-state index contributed by atoms with van der Waals surface area (Å²) in [5.74, 6) is 2.10. The summed E-state index contributed by atoms with van der Waals surface area (Å²) in [5.41, 5.74) is 3.15. The molecule has 2 aromatic rings. The molecule has 1 heterocycles. The largest absolute Gasteiger partial charge is 0.495 e. The molecular formula is C24H30N2O3. The Kier molecular flexibility index (Phi) is 6.35. The van der Waals surface area contributed by atoms with Gasteiger partial charge < -0.3 is 14.4 Å². The molecule has 2 aliphatic rings. The van der Waals surface area contributed by atoms with Crippen LogP contribution in [0.4, 0.5) is 5.69 Å². The molecule has 4 rings (SSSR count). The SMILES string of the molecule is COc1ccccc1N1CCN(CCCOc2cccc3c2CCCC3=O)CC1. The van der Waals surface area contributed by atoms with Gasteiger partial charge in [-0.05, 0) is 37.5 Å². The van der Waals surface area contributed by atoms with E-state index in [2.05, 4.69) is 21.9 Å². The molecule has 0 bridgehead atoms. The number of anilines is 1. The van der Waals surface area contributed by atoms with Crippen molar-refractivity contribution in [2.24, 2.45) is 0 Å². The summed E-state index contributed by atoms with van der Waals surface area (Å²) >= 11 is 0. The van der Waals surface area contributed by atoms with E-state index in [4.69, 9.17) is 9.47 Å². The molecular weight excluding hydrogens is 364 g/mol. The Bertz CT molecular complexity index is 844. The number of rotatable bonds is 7. The molecule has 0 amide bonds. The van der Waals surface area contributed by atoms with Crippen LogP contribution in [0.25, 0.3) is 0 Å². The Morgan fingerprint density at radius 3 is 2.55 bits per heavy atom. The van der Waals surface area contributed by atoms with Crippen LogP contribution in [-0.4, -0.2) is 57.1 Å². The van der Waals surface area contributed by atoms with Crippen LogP contribution in [0, 0.1) is 0 Å². The Hall–Kier alpha value is -2.53. The Labute approximate surface area is 173 Å². The highest BCUT2D eigenvalue weighted by molar-refractivity contribution is 5.99. The summed E-state index contributed by atoms with van der Waals surface area (Å²) in [4.78, 5) is 17.0. The highest BCUT2D eigenvalue weighted by atomic mass is 16.5. The van der Waals surface area contributed by atoms with Crippen molar-refractivity contribution in [2.45, 2.75) is 25.7 Å². The number of nitrogens with zero attached hydrogens (tertiary/aromatic N) is 2. The van der Waals surface area contributed by atoms with Crippen LogP contribution in [0.15, 0.2) is 42.5 Å². The molecule has 0 saturated carbocycles. The Balaban J connectivity index is 1.23. The molecule has 1 aliphatic heterocycles. The number of carbonyl (C=O) groups is 1. The van der Waals surface area contributed by atoms with E-state index in [0.29, 0.717) is 13.0 Å². The summed E-state index contributed by atoms with van der Waals surface area (Å²) in [7, 11) is 1.73.